The molecule has 0 bridgehead atoms. The van der Waals surface area contributed by atoms with Crippen LogP contribution in [0.15, 0.2) is 66.7 Å². The first kappa shape index (κ1) is 35.0. The summed E-state index contributed by atoms with van der Waals surface area (Å²) in [6, 6.07) is 19.6. The topological polar surface area (TPSA) is 122 Å². The SMILES string of the molecule is C[C@@H]1CN([C@@H](C)CO)C(=O)c2cc(NC(=O)Nc3ccc4c(c3)OCO4)ccc2O[C@@H](C)CCCCO[C@@H]1CN(C)Cc1ccccc1. The number of carbonyl (C=O) groups is 2. The van der Waals surface area contributed by atoms with Gasteiger partial charge in [-0.3, -0.25) is 9.69 Å². The molecule has 0 unspecified atom stereocenters. The van der Waals surface area contributed by atoms with E-state index in [2.05, 4.69) is 41.6 Å². The second-order valence-corrected chi connectivity index (χ2v) is 12.8. The molecule has 4 atom stereocenters. The molecule has 2 aliphatic rings. The molecule has 258 valence electrons. The van der Waals surface area contributed by atoms with Gasteiger partial charge in [0.1, 0.15) is 5.75 Å². The predicted molar refractivity (Wildman–Crippen MR) is 185 cm³/mol. The van der Waals surface area contributed by atoms with Gasteiger partial charge < -0.3 is 39.6 Å². The van der Waals surface area contributed by atoms with Gasteiger partial charge in [-0.05, 0) is 76.1 Å². The summed E-state index contributed by atoms with van der Waals surface area (Å²) >= 11 is 0. The van der Waals surface area contributed by atoms with Crippen LogP contribution in [0, 0.1) is 5.92 Å². The molecule has 3 amide bonds. The highest BCUT2D eigenvalue weighted by Crippen LogP contribution is 2.34. The first-order valence-electron chi connectivity index (χ1n) is 16.7. The summed E-state index contributed by atoms with van der Waals surface area (Å²) in [7, 11) is 2.08. The van der Waals surface area contributed by atoms with Crippen molar-refractivity contribution in [3.05, 3.63) is 77.9 Å². The zero-order chi connectivity index (χ0) is 34.0. The number of carbonyl (C=O) groups excluding carboxylic acids is 2. The molecule has 0 radical (unpaired) electrons. The van der Waals surface area contributed by atoms with E-state index in [1.165, 1.54) is 5.56 Å². The highest BCUT2D eigenvalue weighted by molar-refractivity contribution is 6.02. The van der Waals surface area contributed by atoms with E-state index in [1.807, 2.05) is 32.0 Å². The summed E-state index contributed by atoms with van der Waals surface area (Å²) in [5.41, 5.74) is 2.49. The van der Waals surface area contributed by atoms with Gasteiger partial charge in [0.05, 0.1) is 30.4 Å². The number of aliphatic hydroxyl groups excluding tert-OH is 1. The van der Waals surface area contributed by atoms with E-state index in [0.717, 1.165) is 25.8 Å². The third kappa shape index (κ3) is 9.40. The van der Waals surface area contributed by atoms with Crippen molar-refractivity contribution in [1.29, 1.82) is 0 Å². The molecule has 3 N–H and O–H groups in total. The normalized spacial score (nSPS) is 20.8. The molecule has 48 heavy (non-hydrogen) atoms. The maximum absolute atomic E-state index is 14.4. The van der Waals surface area contributed by atoms with Crippen LogP contribution < -0.4 is 24.8 Å². The van der Waals surface area contributed by atoms with Crippen LogP contribution >= 0.6 is 0 Å². The number of nitrogens with zero attached hydrogens (tertiary/aromatic N) is 2. The Kier molecular flexibility index (Phi) is 12.2. The first-order valence-corrected chi connectivity index (χ1v) is 16.7. The molecule has 3 aromatic rings. The van der Waals surface area contributed by atoms with E-state index in [0.29, 0.717) is 53.9 Å². The minimum Gasteiger partial charge on any atom is -0.490 e. The summed E-state index contributed by atoms with van der Waals surface area (Å²) in [4.78, 5) is 31.3. The summed E-state index contributed by atoms with van der Waals surface area (Å²) < 4.78 is 23.6. The lowest BCUT2D eigenvalue weighted by atomic mass is 10.0. The van der Waals surface area contributed by atoms with Gasteiger partial charge in [0.15, 0.2) is 11.5 Å². The van der Waals surface area contributed by atoms with Crippen molar-refractivity contribution in [1.82, 2.24) is 9.80 Å². The summed E-state index contributed by atoms with van der Waals surface area (Å²) in [5.74, 6) is 1.27. The minimum absolute atomic E-state index is 0.0406. The summed E-state index contributed by atoms with van der Waals surface area (Å²) in [6.07, 6.45) is 2.31. The van der Waals surface area contributed by atoms with Gasteiger partial charge in [0.25, 0.3) is 5.91 Å². The van der Waals surface area contributed by atoms with Crippen molar-refractivity contribution in [2.24, 2.45) is 5.92 Å². The average molecular weight is 661 g/mol. The van der Waals surface area contributed by atoms with Gasteiger partial charge in [-0.2, -0.15) is 0 Å². The molecule has 0 saturated carbocycles. The Balaban J connectivity index is 1.36. The molecule has 0 saturated heterocycles. The minimum atomic E-state index is -0.481. The Labute approximate surface area is 283 Å². The highest BCUT2D eigenvalue weighted by atomic mass is 16.7. The number of anilines is 2. The zero-order valence-corrected chi connectivity index (χ0v) is 28.3. The maximum atomic E-state index is 14.4. The Morgan fingerprint density at radius 1 is 0.979 bits per heavy atom. The highest BCUT2D eigenvalue weighted by Gasteiger charge is 2.30. The molecule has 2 aliphatic heterocycles. The number of fused-ring (bicyclic) bond motifs is 2. The van der Waals surface area contributed by atoms with Crippen molar-refractivity contribution in [2.75, 3.05) is 50.8 Å². The fraction of sp³-hybridized carbons (Fsp3) is 0.459. The lowest BCUT2D eigenvalue weighted by molar-refractivity contribution is -0.0177. The number of urea groups is 1. The smallest absolute Gasteiger partial charge is 0.323 e. The van der Waals surface area contributed by atoms with Crippen molar-refractivity contribution >= 4 is 23.3 Å². The molecule has 11 nitrogen and oxygen atoms in total. The number of hydrogen-bond donors (Lipinski definition) is 3. The first-order chi connectivity index (χ1) is 23.2. The van der Waals surface area contributed by atoms with Crippen LogP contribution in [0.25, 0.3) is 0 Å². The molecule has 0 spiro atoms. The van der Waals surface area contributed by atoms with Crippen LogP contribution in [0.1, 0.15) is 56.0 Å². The van der Waals surface area contributed by atoms with E-state index in [9.17, 15) is 14.7 Å². The number of rotatable bonds is 8. The molecular weight excluding hydrogens is 612 g/mol. The summed E-state index contributed by atoms with van der Waals surface area (Å²) in [6.45, 7) is 8.29. The van der Waals surface area contributed by atoms with Gasteiger partial charge in [-0.25, -0.2) is 4.79 Å². The Morgan fingerprint density at radius 3 is 2.44 bits per heavy atom. The van der Waals surface area contributed by atoms with E-state index in [-0.39, 0.29) is 37.4 Å². The van der Waals surface area contributed by atoms with Crippen molar-refractivity contribution in [2.45, 2.75) is 64.8 Å². The average Bonchev–Trinajstić information content (AvgIpc) is 3.54. The molecule has 3 aromatic carbocycles. The molecule has 0 aliphatic carbocycles. The van der Waals surface area contributed by atoms with Crippen LogP contribution in [0.5, 0.6) is 17.2 Å². The second-order valence-electron chi connectivity index (χ2n) is 12.8. The Morgan fingerprint density at radius 2 is 1.69 bits per heavy atom. The Bertz CT molecular complexity index is 1520. The standard InChI is InChI=1S/C37H48N4O7/c1-25-20-41(26(2)23-42)36(43)31-18-29(38-37(44)39-30-14-16-33-34(19-30)47-24-46-33)13-15-32(31)48-27(3)10-8-9-17-45-35(25)22-40(4)21-28-11-6-5-7-12-28/h5-7,11-16,18-19,25-27,35,42H,8-10,17,20-24H2,1-4H3,(H2,38,39,44)/t25-,26+,27+,35-/m1/s1. The van der Waals surface area contributed by atoms with Crippen molar-refractivity contribution in [3.63, 3.8) is 0 Å². The number of benzene rings is 3. The third-order valence-electron chi connectivity index (χ3n) is 8.73. The van der Waals surface area contributed by atoms with E-state index < -0.39 is 12.1 Å². The largest absolute Gasteiger partial charge is 0.490 e. The van der Waals surface area contributed by atoms with E-state index >= 15 is 0 Å². The van der Waals surface area contributed by atoms with Crippen LogP contribution in [-0.2, 0) is 11.3 Å². The van der Waals surface area contributed by atoms with Gasteiger partial charge >= 0.3 is 6.03 Å². The van der Waals surface area contributed by atoms with Crippen LogP contribution in [0.4, 0.5) is 16.2 Å². The lowest BCUT2D eigenvalue weighted by Gasteiger charge is -2.36. The molecule has 5 rings (SSSR count). The van der Waals surface area contributed by atoms with E-state index in [1.54, 1.807) is 41.3 Å². The number of ether oxygens (including phenoxy) is 4. The lowest BCUT2D eigenvalue weighted by Crippen LogP contribution is -2.47. The molecule has 11 heteroatoms. The number of aliphatic hydroxyl groups is 1. The molecular formula is C37H48N4O7. The fourth-order valence-electron chi connectivity index (χ4n) is 6.00. The van der Waals surface area contributed by atoms with Gasteiger partial charge in [0, 0.05) is 49.6 Å². The number of hydrogen-bond acceptors (Lipinski definition) is 8. The van der Waals surface area contributed by atoms with Crippen LogP contribution in [-0.4, -0.2) is 85.2 Å². The number of likely N-dealkylation sites (N-methyl/N-ethyl adjacent to an activating group) is 1. The molecule has 2 heterocycles. The van der Waals surface area contributed by atoms with Crippen molar-refractivity contribution < 1.29 is 33.6 Å². The van der Waals surface area contributed by atoms with Gasteiger partial charge in [-0.1, -0.05) is 37.3 Å². The molecule has 0 aromatic heterocycles. The third-order valence-corrected chi connectivity index (χ3v) is 8.73. The maximum Gasteiger partial charge on any atom is 0.323 e. The second kappa shape index (κ2) is 16.7. The quantitative estimate of drug-likeness (QED) is 0.270. The number of nitrogens with one attached hydrogen (secondary N) is 2. The fourth-order valence-corrected chi connectivity index (χ4v) is 6.00. The number of amides is 3. The van der Waals surface area contributed by atoms with Gasteiger partial charge in [-0.15, -0.1) is 0 Å². The Hall–Kier alpha value is -4.32. The molecule has 0 fully saturated rings. The monoisotopic (exact) mass is 660 g/mol. The van der Waals surface area contributed by atoms with Crippen LogP contribution in [0.3, 0.4) is 0 Å². The zero-order valence-electron chi connectivity index (χ0n) is 28.3. The van der Waals surface area contributed by atoms with E-state index in [4.69, 9.17) is 18.9 Å². The van der Waals surface area contributed by atoms with Crippen molar-refractivity contribution in [3.8, 4) is 17.2 Å². The predicted octanol–water partition coefficient (Wildman–Crippen LogP) is 5.99. The van der Waals surface area contributed by atoms with Crippen LogP contribution in [0.2, 0.25) is 0 Å². The summed E-state index contributed by atoms with van der Waals surface area (Å²) in [5, 5.41) is 15.9. The van der Waals surface area contributed by atoms with Gasteiger partial charge in [0.2, 0.25) is 6.79 Å².